The summed E-state index contributed by atoms with van der Waals surface area (Å²) in [4.78, 5) is 10.4. The second kappa shape index (κ2) is 4.11. The first kappa shape index (κ1) is 9.23. The van der Waals surface area contributed by atoms with Crippen LogP contribution in [0.3, 0.4) is 0 Å². The molecule has 0 aromatic heterocycles. The van der Waals surface area contributed by atoms with Crippen molar-refractivity contribution in [2.45, 2.75) is 33.2 Å². The Hall–Kier alpha value is -0.770. The van der Waals surface area contributed by atoms with Gasteiger partial charge in [-0.2, -0.15) is 5.11 Å². The predicted molar refractivity (Wildman–Crippen MR) is 32.9 cm³/mol. The largest absolute Gasteiger partial charge is 0.510 e. The summed E-state index contributed by atoms with van der Waals surface area (Å²) < 4.78 is 8.64. The highest BCUT2D eigenvalue weighted by molar-refractivity contribution is 5.60. The molecule has 1 radical (unpaired) electrons. The van der Waals surface area contributed by atoms with Gasteiger partial charge in [0.1, 0.15) is 0 Å². The smallest absolute Gasteiger partial charge is 0.432 e. The van der Waals surface area contributed by atoms with E-state index in [1.807, 2.05) is 0 Å². The van der Waals surface area contributed by atoms with Gasteiger partial charge in [-0.1, -0.05) is 0 Å². The lowest BCUT2D eigenvalue weighted by atomic mass is 10.5. The normalized spacial score (nSPS) is 12.9. The zero-order valence-electron chi connectivity index (χ0n) is 6.29. The van der Waals surface area contributed by atoms with E-state index in [-0.39, 0.29) is 6.10 Å². The van der Waals surface area contributed by atoms with Crippen molar-refractivity contribution >= 4 is 6.16 Å². The Kier molecular flexibility index (Phi) is 3.79. The van der Waals surface area contributed by atoms with E-state index >= 15 is 0 Å². The van der Waals surface area contributed by atoms with Crippen molar-refractivity contribution in [3.8, 4) is 0 Å². The van der Waals surface area contributed by atoms with Crippen molar-refractivity contribution < 1.29 is 19.4 Å². The lowest BCUT2D eigenvalue weighted by molar-refractivity contribution is -0.110. The van der Waals surface area contributed by atoms with Gasteiger partial charge in [0.2, 0.25) is 6.29 Å². The summed E-state index contributed by atoms with van der Waals surface area (Å²) >= 11 is 0. The first-order valence-corrected chi connectivity index (χ1v) is 3.05. The zero-order chi connectivity index (χ0) is 8.15. The Balaban J connectivity index is 3.44. The molecule has 0 aliphatic carbocycles. The number of rotatable bonds is 2. The molecule has 0 saturated carbocycles. The molecule has 0 aromatic carbocycles. The molecule has 0 spiro atoms. The first-order valence-electron chi connectivity index (χ1n) is 3.05. The SMILES string of the molecule is CC(C)OC(=O)OC(C)[O]. The molecule has 0 N–H and O–H groups in total. The number of carbonyl (C=O) groups is 1. The third-order valence-corrected chi connectivity index (χ3v) is 0.594. The summed E-state index contributed by atoms with van der Waals surface area (Å²) in [5.74, 6) is 0. The Morgan fingerprint density at radius 1 is 1.20 bits per heavy atom. The molecule has 4 nitrogen and oxygen atoms in total. The molecule has 0 aliphatic rings. The van der Waals surface area contributed by atoms with Crippen LogP contribution in [0.5, 0.6) is 0 Å². The molecule has 0 rings (SSSR count). The molecule has 0 aliphatic heterocycles. The predicted octanol–water partition coefficient (Wildman–Crippen LogP) is 1.32. The molecule has 0 bridgehead atoms. The van der Waals surface area contributed by atoms with Crippen LogP contribution in [0.25, 0.3) is 0 Å². The first-order chi connectivity index (χ1) is 4.52. The lowest BCUT2D eigenvalue weighted by Gasteiger charge is -2.08. The molecule has 10 heavy (non-hydrogen) atoms. The zero-order valence-corrected chi connectivity index (χ0v) is 6.29. The maximum Gasteiger partial charge on any atom is 0.510 e. The molecule has 4 heteroatoms. The molecule has 1 unspecified atom stereocenters. The minimum atomic E-state index is -1.36. The fraction of sp³-hybridized carbons (Fsp3) is 0.833. The summed E-state index contributed by atoms with van der Waals surface area (Å²) in [5, 5.41) is 10.2. The van der Waals surface area contributed by atoms with E-state index in [4.69, 9.17) is 0 Å². The third kappa shape index (κ3) is 5.37. The van der Waals surface area contributed by atoms with Crippen molar-refractivity contribution in [2.75, 3.05) is 0 Å². The van der Waals surface area contributed by atoms with Crippen LogP contribution < -0.4 is 0 Å². The molecule has 59 valence electrons. The number of ether oxygens (including phenoxy) is 2. The molecule has 0 saturated heterocycles. The average Bonchev–Trinajstić information content (AvgIpc) is 1.58. The van der Waals surface area contributed by atoms with E-state index in [1.165, 1.54) is 6.92 Å². The second-order valence-corrected chi connectivity index (χ2v) is 2.10. The highest BCUT2D eigenvalue weighted by atomic mass is 16.8. The van der Waals surface area contributed by atoms with E-state index < -0.39 is 12.4 Å². The van der Waals surface area contributed by atoms with E-state index in [1.54, 1.807) is 13.8 Å². The van der Waals surface area contributed by atoms with Crippen molar-refractivity contribution in [2.24, 2.45) is 0 Å². The fourth-order valence-corrected chi connectivity index (χ4v) is 0.356. The van der Waals surface area contributed by atoms with Crippen molar-refractivity contribution in [3.05, 3.63) is 0 Å². The maximum atomic E-state index is 10.4. The quantitative estimate of drug-likeness (QED) is 0.437. The van der Waals surface area contributed by atoms with Crippen molar-refractivity contribution in [3.63, 3.8) is 0 Å². The highest BCUT2D eigenvalue weighted by Crippen LogP contribution is 1.95. The van der Waals surface area contributed by atoms with Crippen molar-refractivity contribution in [1.82, 2.24) is 0 Å². The van der Waals surface area contributed by atoms with Gasteiger partial charge >= 0.3 is 6.16 Å². The Morgan fingerprint density at radius 2 is 1.70 bits per heavy atom. The molecule has 0 aromatic rings. The Morgan fingerprint density at radius 3 is 2.00 bits per heavy atom. The maximum absolute atomic E-state index is 10.4. The molecule has 0 fully saturated rings. The number of carbonyl (C=O) groups excluding carboxylic acids is 1. The minimum Gasteiger partial charge on any atom is -0.432 e. The summed E-state index contributed by atoms with van der Waals surface area (Å²) in [6.07, 6.45) is -2.50. The van der Waals surface area contributed by atoms with Crippen LogP contribution in [0, 0.1) is 0 Å². The van der Waals surface area contributed by atoms with E-state index in [9.17, 15) is 9.90 Å². The van der Waals surface area contributed by atoms with Gasteiger partial charge in [0, 0.05) is 6.92 Å². The van der Waals surface area contributed by atoms with E-state index in [2.05, 4.69) is 9.47 Å². The van der Waals surface area contributed by atoms with E-state index in [0.717, 1.165) is 0 Å². The van der Waals surface area contributed by atoms with Gasteiger partial charge in [-0.15, -0.1) is 0 Å². The molecule has 1 atom stereocenters. The topological polar surface area (TPSA) is 55.4 Å². The monoisotopic (exact) mass is 147 g/mol. The van der Waals surface area contributed by atoms with Crippen LogP contribution in [-0.4, -0.2) is 18.5 Å². The van der Waals surface area contributed by atoms with Crippen LogP contribution >= 0.6 is 0 Å². The summed E-state index contributed by atoms with van der Waals surface area (Å²) in [5.41, 5.74) is 0. The summed E-state index contributed by atoms with van der Waals surface area (Å²) in [7, 11) is 0. The fourth-order valence-electron chi connectivity index (χ4n) is 0.356. The van der Waals surface area contributed by atoms with Gasteiger partial charge in [0.05, 0.1) is 6.10 Å². The van der Waals surface area contributed by atoms with Gasteiger partial charge in [0.15, 0.2) is 0 Å². The number of hydrogen-bond acceptors (Lipinski definition) is 3. The Labute approximate surface area is 59.7 Å². The third-order valence-electron chi connectivity index (χ3n) is 0.594. The molecule has 0 amide bonds. The highest BCUT2D eigenvalue weighted by Gasteiger charge is 2.09. The minimum absolute atomic E-state index is 0.244. The standard InChI is InChI=1S/C6H11O4/c1-4(2)9-6(8)10-5(3)7/h4-5H,1-3H3. The van der Waals surface area contributed by atoms with Crippen LogP contribution in [0.4, 0.5) is 4.79 Å². The van der Waals surface area contributed by atoms with E-state index in [0.29, 0.717) is 0 Å². The Bertz CT molecular complexity index is 96.3. The van der Waals surface area contributed by atoms with Crippen LogP contribution in [0.15, 0.2) is 0 Å². The lowest BCUT2D eigenvalue weighted by Crippen LogP contribution is -2.17. The van der Waals surface area contributed by atoms with Gasteiger partial charge in [0.25, 0.3) is 0 Å². The van der Waals surface area contributed by atoms with Gasteiger partial charge in [-0.05, 0) is 13.8 Å². The molecular formula is C6H11O4. The van der Waals surface area contributed by atoms with Crippen LogP contribution in [0.1, 0.15) is 20.8 Å². The second-order valence-electron chi connectivity index (χ2n) is 2.10. The van der Waals surface area contributed by atoms with Crippen molar-refractivity contribution in [1.29, 1.82) is 0 Å². The van der Waals surface area contributed by atoms with Crippen LogP contribution in [-0.2, 0) is 14.6 Å². The molecule has 0 heterocycles. The van der Waals surface area contributed by atoms with Crippen LogP contribution in [0.2, 0.25) is 0 Å². The van der Waals surface area contributed by atoms with Gasteiger partial charge < -0.3 is 9.47 Å². The van der Waals surface area contributed by atoms with Gasteiger partial charge in [-0.25, -0.2) is 4.79 Å². The summed E-state index contributed by atoms with van der Waals surface area (Å²) in [6, 6.07) is 0. The average molecular weight is 147 g/mol. The number of hydrogen-bond donors (Lipinski definition) is 0. The molecular weight excluding hydrogens is 136 g/mol. The summed E-state index contributed by atoms with van der Waals surface area (Å²) in [6.45, 7) is 4.58. The van der Waals surface area contributed by atoms with Gasteiger partial charge in [-0.3, -0.25) is 0 Å².